The Hall–Kier alpha value is -0.760. The van der Waals surface area contributed by atoms with Crippen molar-refractivity contribution in [1.29, 1.82) is 0 Å². The minimum Gasteiger partial charge on any atom is -0.481 e. The van der Waals surface area contributed by atoms with Crippen LogP contribution in [0.2, 0.25) is 0 Å². The van der Waals surface area contributed by atoms with Crippen LogP contribution in [0, 0.1) is 5.41 Å². The van der Waals surface area contributed by atoms with Gasteiger partial charge in [0.2, 0.25) is 0 Å². The van der Waals surface area contributed by atoms with Gasteiger partial charge in [0, 0.05) is 0 Å². The van der Waals surface area contributed by atoms with Gasteiger partial charge in [0.05, 0.1) is 57.0 Å². The quantitative estimate of drug-likeness (QED) is 0.656. The summed E-state index contributed by atoms with van der Waals surface area (Å²) in [5.41, 5.74) is -0.783. The molecular formula is C11H18O10P2. The molecule has 1 spiro atoms. The smallest absolute Gasteiger partial charge is 0.331 e. The lowest BCUT2D eigenvalue weighted by Crippen LogP contribution is -2.46. The van der Waals surface area contributed by atoms with Gasteiger partial charge in [0.1, 0.15) is 0 Å². The monoisotopic (exact) mass is 372 g/mol. The zero-order chi connectivity index (χ0) is 17.1. The van der Waals surface area contributed by atoms with E-state index in [0.717, 1.165) is 0 Å². The van der Waals surface area contributed by atoms with Gasteiger partial charge in [-0.05, 0) is 0 Å². The molecule has 10 nitrogen and oxygen atoms in total. The van der Waals surface area contributed by atoms with E-state index in [1.54, 1.807) is 0 Å². The van der Waals surface area contributed by atoms with E-state index in [0.29, 0.717) is 0 Å². The highest BCUT2D eigenvalue weighted by molar-refractivity contribution is 7.54. The Kier molecular flexibility index (Phi) is 5.66. The molecule has 0 aromatic rings. The van der Waals surface area contributed by atoms with E-state index in [4.69, 9.17) is 28.3 Å². The third-order valence-corrected chi connectivity index (χ3v) is 7.10. The van der Waals surface area contributed by atoms with Gasteiger partial charge >= 0.3 is 27.1 Å². The number of carboxylic acid groups (broad SMARTS) is 2. The maximum atomic E-state index is 12.2. The molecule has 0 amide bonds. The Morgan fingerprint density at radius 2 is 1.09 bits per heavy atom. The fraction of sp³-hybridized carbons (Fsp3) is 0.818. The van der Waals surface area contributed by atoms with E-state index in [2.05, 4.69) is 0 Å². The third kappa shape index (κ3) is 5.11. The molecule has 12 heteroatoms. The number of carboxylic acids is 2. The van der Waals surface area contributed by atoms with Crippen molar-refractivity contribution >= 4 is 27.1 Å². The molecule has 2 saturated heterocycles. The van der Waals surface area contributed by atoms with Crippen molar-refractivity contribution in [2.45, 2.75) is 12.8 Å². The summed E-state index contributed by atoms with van der Waals surface area (Å²) in [6.45, 7) is -0.155. The van der Waals surface area contributed by atoms with E-state index in [1.807, 2.05) is 0 Å². The fourth-order valence-electron chi connectivity index (χ4n) is 1.99. The summed E-state index contributed by atoms with van der Waals surface area (Å²) in [4.78, 5) is 21.0. The summed E-state index contributed by atoms with van der Waals surface area (Å²) in [6.07, 6.45) is -1.11. The Labute approximate surface area is 132 Å². The van der Waals surface area contributed by atoms with E-state index < -0.39 is 32.5 Å². The lowest BCUT2D eigenvalue weighted by Gasteiger charge is -2.42. The average Bonchev–Trinajstić information content (AvgIpc) is 2.50. The summed E-state index contributed by atoms with van der Waals surface area (Å²) < 4.78 is 45.1. The van der Waals surface area contributed by atoms with Crippen molar-refractivity contribution in [2.75, 3.05) is 38.8 Å². The zero-order valence-corrected chi connectivity index (χ0v) is 14.0. The number of rotatable bonds is 6. The van der Waals surface area contributed by atoms with Gasteiger partial charge in [-0.15, -0.1) is 0 Å². The van der Waals surface area contributed by atoms with Crippen molar-refractivity contribution in [3.05, 3.63) is 0 Å². The summed E-state index contributed by atoms with van der Waals surface area (Å²) >= 11 is 0. The van der Waals surface area contributed by atoms with Gasteiger partial charge in [-0.25, -0.2) is 0 Å². The van der Waals surface area contributed by atoms with Crippen LogP contribution in [0.1, 0.15) is 12.8 Å². The Bertz CT molecular complexity index is 496. The van der Waals surface area contributed by atoms with Crippen LogP contribution in [0.15, 0.2) is 0 Å². The third-order valence-electron chi connectivity index (χ3n) is 3.47. The molecule has 2 fully saturated rings. The van der Waals surface area contributed by atoms with Crippen molar-refractivity contribution in [3.8, 4) is 0 Å². The van der Waals surface area contributed by atoms with Crippen LogP contribution in [0.3, 0.4) is 0 Å². The van der Waals surface area contributed by atoms with Gasteiger partial charge < -0.3 is 28.3 Å². The number of aliphatic carboxylic acids is 2. The molecule has 0 aromatic carbocycles. The summed E-state index contributed by atoms with van der Waals surface area (Å²) in [5.74, 6) is -2.20. The highest BCUT2D eigenvalue weighted by Crippen LogP contribution is 2.59. The Balaban J connectivity index is 1.86. The minimum atomic E-state index is -3.46. The standard InChI is InChI=1S/C11H18O10P2/c12-9(13)1-3-22(16)18-5-11(6-19-22)7-20-23(17,21-8-11)4-2-10(14)15/h1-8H2,(H,12,13)(H,14,15). The predicted molar refractivity (Wildman–Crippen MR) is 75.7 cm³/mol. The van der Waals surface area contributed by atoms with Crippen LogP contribution in [-0.2, 0) is 36.8 Å². The second kappa shape index (κ2) is 7.01. The number of carbonyl (C=O) groups is 2. The second-order valence-corrected chi connectivity index (χ2v) is 9.92. The first-order chi connectivity index (χ1) is 10.7. The van der Waals surface area contributed by atoms with Crippen LogP contribution in [0.25, 0.3) is 0 Å². The summed E-state index contributed by atoms with van der Waals surface area (Å²) in [6, 6.07) is 0. The highest BCUT2D eigenvalue weighted by atomic mass is 31.2. The molecule has 0 radical (unpaired) electrons. The molecular weight excluding hydrogens is 354 g/mol. The van der Waals surface area contributed by atoms with Crippen LogP contribution in [0.5, 0.6) is 0 Å². The van der Waals surface area contributed by atoms with Crippen molar-refractivity contribution in [2.24, 2.45) is 5.41 Å². The number of hydrogen-bond donors (Lipinski definition) is 2. The first-order valence-electron chi connectivity index (χ1n) is 6.86. The maximum Gasteiger partial charge on any atom is 0.331 e. The molecule has 0 bridgehead atoms. The van der Waals surface area contributed by atoms with Crippen LogP contribution < -0.4 is 0 Å². The molecule has 2 rings (SSSR count). The van der Waals surface area contributed by atoms with Crippen molar-refractivity contribution in [3.63, 3.8) is 0 Å². The SMILES string of the molecule is O=C(O)CCP1(=O)OCC2(CO1)COP(=O)(CCC(=O)O)OC2. The molecule has 132 valence electrons. The van der Waals surface area contributed by atoms with E-state index in [1.165, 1.54) is 0 Å². The van der Waals surface area contributed by atoms with Crippen molar-refractivity contribution < 1.29 is 47.0 Å². The molecule has 0 aromatic heterocycles. The van der Waals surface area contributed by atoms with Crippen LogP contribution in [-0.4, -0.2) is 60.9 Å². The zero-order valence-electron chi connectivity index (χ0n) is 12.2. The second-order valence-electron chi connectivity index (χ2n) is 5.55. The fourth-order valence-corrected chi connectivity index (χ4v) is 5.47. The van der Waals surface area contributed by atoms with E-state index in [9.17, 15) is 18.7 Å². The van der Waals surface area contributed by atoms with Gasteiger partial charge in [0.15, 0.2) is 0 Å². The summed E-state index contributed by atoms with van der Waals surface area (Å²) in [5, 5.41) is 17.2. The topological polar surface area (TPSA) is 146 Å². The van der Waals surface area contributed by atoms with Gasteiger partial charge in [0.25, 0.3) is 0 Å². The first kappa shape index (κ1) is 18.6. The molecule has 2 aliphatic rings. The van der Waals surface area contributed by atoms with E-state index >= 15 is 0 Å². The van der Waals surface area contributed by atoms with Crippen molar-refractivity contribution in [1.82, 2.24) is 0 Å². The molecule has 0 aliphatic carbocycles. The predicted octanol–water partition coefficient (Wildman–Crippen LogP) is 1.40. The van der Waals surface area contributed by atoms with Gasteiger partial charge in [-0.1, -0.05) is 0 Å². The molecule has 23 heavy (non-hydrogen) atoms. The molecule has 0 saturated carbocycles. The Morgan fingerprint density at radius 3 is 1.35 bits per heavy atom. The average molecular weight is 372 g/mol. The normalized spacial score (nSPS) is 37.6. The van der Waals surface area contributed by atoms with Crippen LogP contribution in [0.4, 0.5) is 0 Å². The minimum absolute atomic E-state index is 0.0389. The molecule has 2 N–H and O–H groups in total. The lowest BCUT2D eigenvalue weighted by molar-refractivity contribution is -0.137. The van der Waals surface area contributed by atoms with Gasteiger partial charge in [-0.2, -0.15) is 0 Å². The van der Waals surface area contributed by atoms with E-state index in [-0.39, 0.29) is 51.6 Å². The largest absolute Gasteiger partial charge is 0.481 e. The Morgan fingerprint density at radius 1 is 0.783 bits per heavy atom. The number of hydrogen-bond acceptors (Lipinski definition) is 8. The maximum absolute atomic E-state index is 12.2. The first-order valence-corrected chi connectivity index (χ1v) is 10.3. The van der Waals surface area contributed by atoms with Crippen LogP contribution >= 0.6 is 15.2 Å². The highest BCUT2D eigenvalue weighted by Gasteiger charge is 2.48. The summed E-state index contributed by atoms with van der Waals surface area (Å²) in [7, 11) is -6.91. The molecule has 2 heterocycles. The van der Waals surface area contributed by atoms with Gasteiger partial charge in [-0.3, -0.25) is 18.7 Å². The molecule has 0 atom stereocenters. The lowest BCUT2D eigenvalue weighted by atomic mass is 9.93. The molecule has 0 unspecified atom stereocenters. The molecule has 2 aliphatic heterocycles.